The van der Waals surface area contributed by atoms with Gasteiger partial charge in [-0.15, -0.1) is 0 Å². The summed E-state index contributed by atoms with van der Waals surface area (Å²) < 4.78 is 9.96. The van der Waals surface area contributed by atoms with E-state index < -0.39 is 47.8 Å². The SMILES string of the molecule is COC(=O)[C@@H]1C[C@@H](O)[C@H]2C/C=C\C[C@H](NC(=O)OC(C)(C)C)C(=O)N21. The summed E-state index contributed by atoms with van der Waals surface area (Å²) in [6.07, 6.45) is 2.95. The number of alkyl carbamates (subject to hydrolysis) is 1. The van der Waals surface area contributed by atoms with Crippen molar-refractivity contribution in [3.05, 3.63) is 12.2 Å². The molecule has 2 aliphatic heterocycles. The van der Waals surface area contributed by atoms with Crippen LogP contribution in [-0.2, 0) is 19.1 Å². The number of hydrogen-bond acceptors (Lipinski definition) is 6. The van der Waals surface area contributed by atoms with Gasteiger partial charge >= 0.3 is 12.1 Å². The Morgan fingerprint density at radius 2 is 1.92 bits per heavy atom. The summed E-state index contributed by atoms with van der Waals surface area (Å²) in [6.45, 7) is 5.19. The maximum absolute atomic E-state index is 13.0. The van der Waals surface area contributed by atoms with Gasteiger partial charge in [0.1, 0.15) is 17.7 Å². The summed E-state index contributed by atoms with van der Waals surface area (Å²) in [6, 6.07) is -2.24. The molecule has 140 valence electrons. The zero-order chi connectivity index (χ0) is 18.8. The molecule has 1 saturated heterocycles. The molecule has 2 heterocycles. The van der Waals surface area contributed by atoms with E-state index in [0.717, 1.165) is 0 Å². The van der Waals surface area contributed by atoms with Crippen molar-refractivity contribution in [1.82, 2.24) is 10.2 Å². The van der Waals surface area contributed by atoms with E-state index in [9.17, 15) is 19.5 Å². The Hall–Kier alpha value is -2.09. The number of hydrogen-bond donors (Lipinski definition) is 2. The summed E-state index contributed by atoms with van der Waals surface area (Å²) in [5.41, 5.74) is -0.689. The molecule has 0 spiro atoms. The highest BCUT2D eigenvalue weighted by Gasteiger charge is 2.48. The molecule has 4 atom stereocenters. The van der Waals surface area contributed by atoms with E-state index in [1.807, 2.05) is 6.08 Å². The topological polar surface area (TPSA) is 105 Å². The van der Waals surface area contributed by atoms with Crippen molar-refractivity contribution in [2.24, 2.45) is 0 Å². The van der Waals surface area contributed by atoms with E-state index in [0.29, 0.717) is 6.42 Å². The Morgan fingerprint density at radius 3 is 2.52 bits per heavy atom. The van der Waals surface area contributed by atoms with Gasteiger partial charge in [-0.25, -0.2) is 9.59 Å². The molecule has 8 heteroatoms. The van der Waals surface area contributed by atoms with Crippen LogP contribution in [0.5, 0.6) is 0 Å². The van der Waals surface area contributed by atoms with Gasteiger partial charge in [0.05, 0.1) is 19.3 Å². The maximum Gasteiger partial charge on any atom is 0.408 e. The zero-order valence-corrected chi connectivity index (χ0v) is 15.0. The maximum atomic E-state index is 13.0. The van der Waals surface area contributed by atoms with Crippen molar-refractivity contribution in [3.63, 3.8) is 0 Å². The Labute approximate surface area is 147 Å². The molecule has 0 aromatic carbocycles. The third kappa shape index (κ3) is 4.50. The summed E-state index contributed by atoms with van der Waals surface area (Å²) in [5, 5.41) is 12.8. The number of esters is 1. The second-order valence-electron chi connectivity index (χ2n) is 7.30. The van der Waals surface area contributed by atoms with Crippen molar-refractivity contribution >= 4 is 18.0 Å². The van der Waals surface area contributed by atoms with Crippen LogP contribution in [0.4, 0.5) is 4.79 Å². The number of carbonyl (C=O) groups is 3. The minimum absolute atomic E-state index is 0.121. The molecule has 1 fully saturated rings. The van der Waals surface area contributed by atoms with E-state index in [1.54, 1.807) is 26.8 Å². The second-order valence-corrected chi connectivity index (χ2v) is 7.30. The van der Waals surface area contributed by atoms with Crippen LogP contribution in [0.25, 0.3) is 0 Å². The summed E-state index contributed by atoms with van der Waals surface area (Å²) >= 11 is 0. The lowest BCUT2D eigenvalue weighted by Gasteiger charge is -2.33. The first kappa shape index (κ1) is 19.2. The Bertz CT molecular complexity index is 568. The van der Waals surface area contributed by atoms with E-state index in [4.69, 9.17) is 9.47 Å². The van der Waals surface area contributed by atoms with Crippen molar-refractivity contribution in [2.75, 3.05) is 7.11 Å². The number of methoxy groups -OCH3 is 1. The fourth-order valence-corrected chi connectivity index (χ4v) is 3.17. The molecule has 2 amide bonds. The molecule has 0 aromatic heterocycles. The van der Waals surface area contributed by atoms with Crippen LogP contribution >= 0.6 is 0 Å². The van der Waals surface area contributed by atoms with Gasteiger partial charge < -0.3 is 24.8 Å². The smallest absolute Gasteiger partial charge is 0.408 e. The Morgan fingerprint density at radius 1 is 1.28 bits per heavy atom. The number of carbonyl (C=O) groups excluding carboxylic acids is 3. The quantitative estimate of drug-likeness (QED) is 0.560. The summed E-state index contributed by atoms with van der Waals surface area (Å²) in [4.78, 5) is 38.4. The molecule has 0 aromatic rings. The molecule has 0 radical (unpaired) electrons. The predicted molar refractivity (Wildman–Crippen MR) is 88.6 cm³/mol. The molecule has 0 aliphatic carbocycles. The molecule has 2 rings (SSSR count). The highest BCUT2D eigenvalue weighted by molar-refractivity contribution is 5.91. The zero-order valence-electron chi connectivity index (χ0n) is 15.0. The van der Waals surface area contributed by atoms with Gasteiger partial charge in [-0.2, -0.15) is 0 Å². The van der Waals surface area contributed by atoms with Crippen molar-refractivity contribution in [2.45, 2.75) is 69.9 Å². The van der Waals surface area contributed by atoms with Crippen LogP contribution in [0.3, 0.4) is 0 Å². The number of rotatable bonds is 2. The van der Waals surface area contributed by atoms with Gasteiger partial charge in [-0.3, -0.25) is 4.79 Å². The first-order valence-electron chi connectivity index (χ1n) is 8.36. The molecule has 25 heavy (non-hydrogen) atoms. The van der Waals surface area contributed by atoms with Gasteiger partial charge in [-0.1, -0.05) is 12.2 Å². The lowest BCUT2D eigenvalue weighted by molar-refractivity contribution is -0.153. The molecule has 0 bridgehead atoms. The molecular weight excluding hydrogens is 328 g/mol. The normalized spacial score (nSPS) is 30.8. The van der Waals surface area contributed by atoms with Crippen LogP contribution in [-0.4, -0.2) is 64.9 Å². The molecule has 0 unspecified atom stereocenters. The van der Waals surface area contributed by atoms with Gasteiger partial charge in [0.15, 0.2) is 0 Å². The van der Waals surface area contributed by atoms with E-state index in [1.165, 1.54) is 12.0 Å². The minimum Gasteiger partial charge on any atom is -0.467 e. The van der Waals surface area contributed by atoms with Gasteiger partial charge in [0.2, 0.25) is 5.91 Å². The van der Waals surface area contributed by atoms with E-state index in [-0.39, 0.29) is 12.8 Å². The van der Waals surface area contributed by atoms with Gasteiger partial charge in [0, 0.05) is 6.42 Å². The van der Waals surface area contributed by atoms with Crippen LogP contribution in [0, 0.1) is 0 Å². The number of fused-ring (bicyclic) bond motifs is 1. The Kier molecular flexibility index (Phi) is 5.72. The third-order valence-corrected chi connectivity index (χ3v) is 4.23. The molecular formula is C17H26N2O6. The van der Waals surface area contributed by atoms with Crippen LogP contribution in [0.1, 0.15) is 40.0 Å². The average molecular weight is 354 g/mol. The van der Waals surface area contributed by atoms with Crippen LogP contribution < -0.4 is 5.32 Å². The van der Waals surface area contributed by atoms with E-state index in [2.05, 4.69) is 5.32 Å². The van der Waals surface area contributed by atoms with E-state index >= 15 is 0 Å². The fourth-order valence-electron chi connectivity index (χ4n) is 3.17. The highest BCUT2D eigenvalue weighted by Crippen LogP contribution is 2.30. The largest absolute Gasteiger partial charge is 0.467 e. The number of ether oxygens (including phenoxy) is 2. The predicted octanol–water partition coefficient (Wildman–Crippen LogP) is 0.733. The van der Waals surface area contributed by atoms with Crippen LogP contribution in [0.2, 0.25) is 0 Å². The van der Waals surface area contributed by atoms with Crippen molar-refractivity contribution in [3.8, 4) is 0 Å². The molecule has 8 nitrogen and oxygen atoms in total. The van der Waals surface area contributed by atoms with Crippen molar-refractivity contribution in [1.29, 1.82) is 0 Å². The molecule has 0 saturated carbocycles. The fraction of sp³-hybridized carbons (Fsp3) is 0.706. The number of aliphatic hydroxyl groups excluding tert-OH is 1. The highest BCUT2D eigenvalue weighted by atomic mass is 16.6. The lowest BCUT2D eigenvalue weighted by atomic mass is 10.0. The lowest BCUT2D eigenvalue weighted by Crippen LogP contribution is -2.55. The molecule has 2 aliphatic rings. The standard InChI is InChI=1S/C17H26N2O6/c1-17(2,3)25-16(23)18-10-7-5-6-8-11-13(20)9-12(15(22)24-4)19(11)14(10)21/h5-6,10-13,20H,7-9H2,1-4H3,(H,18,23)/b6-5-/t10-,11+,12-,13+/m0/s1. The summed E-state index contributed by atoms with van der Waals surface area (Å²) in [5.74, 6) is -0.998. The number of nitrogens with zero attached hydrogens (tertiary/aromatic N) is 1. The summed E-state index contributed by atoms with van der Waals surface area (Å²) in [7, 11) is 1.24. The molecule has 2 N–H and O–H groups in total. The first-order chi connectivity index (χ1) is 11.6. The first-order valence-corrected chi connectivity index (χ1v) is 8.36. The second kappa shape index (κ2) is 7.43. The van der Waals surface area contributed by atoms with Gasteiger partial charge in [-0.05, 0) is 33.6 Å². The monoisotopic (exact) mass is 354 g/mol. The number of amides is 2. The average Bonchev–Trinajstić information content (AvgIpc) is 2.81. The number of nitrogens with one attached hydrogen (secondary N) is 1. The third-order valence-electron chi connectivity index (χ3n) is 4.23. The Balaban J connectivity index is 2.21. The minimum atomic E-state index is -0.869. The van der Waals surface area contributed by atoms with Crippen molar-refractivity contribution < 1.29 is 29.0 Å². The number of aliphatic hydroxyl groups is 1. The van der Waals surface area contributed by atoms with Crippen LogP contribution in [0.15, 0.2) is 12.2 Å². The van der Waals surface area contributed by atoms with Gasteiger partial charge in [0.25, 0.3) is 0 Å².